The summed E-state index contributed by atoms with van der Waals surface area (Å²) in [5.74, 6) is -2.16. The molecule has 10 nitrogen and oxygen atoms in total. The summed E-state index contributed by atoms with van der Waals surface area (Å²) in [6.07, 6.45) is 0.651. The van der Waals surface area contributed by atoms with E-state index in [-0.39, 0.29) is 34.0 Å². The molecule has 0 aliphatic carbocycles. The van der Waals surface area contributed by atoms with Crippen LogP contribution in [0.4, 0.5) is 31.8 Å². The van der Waals surface area contributed by atoms with Crippen LogP contribution >= 0.6 is 0 Å². The van der Waals surface area contributed by atoms with Gasteiger partial charge in [-0.15, -0.1) is 0 Å². The molecule has 0 bridgehead atoms. The molecule has 0 saturated heterocycles. The lowest BCUT2D eigenvalue weighted by Gasteiger charge is -2.22. The van der Waals surface area contributed by atoms with Crippen LogP contribution in [-0.2, 0) is 0 Å². The Bertz CT molecular complexity index is 1320. The summed E-state index contributed by atoms with van der Waals surface area (Å²) in [4.78, 5) is 32.1. The van der Waals surface area contributed by atoms with Crippen LogP contribution in [0.3, 0.4) is 0 Å². The monoisotopic (exact) mass is 495 g/mol. The molecule has 2 heterocycles. The predicted molar refractivity (Wildman–Crippen MR) is 128 cm³/mol. The van der Waals surface area contributed by atoms with Crippen molar-refractivity contribution in [1.29, 1.82) is 5.26 Å². The molecule has 0 saturated carbocycles. The van der Waals surface area contributed by atoms with Gasteiger partial charge in [0.25, 0.3) is 5.91 Å². The number of anilines is 4. The van der Waals surface area contributed by atoms with Crippen molar-refractivity contribution in [1.82, 2.24) is 15.3 Å². The first-order valence-electron chi connectivity index (χ1n) is 10.6. The van der Waals surface area contributed by atoms with Crippen molar-refractivity contribution in [3.63, 3.8) is 0 Å². The van der Waals surface area contributed by atoms with Gasteiger partial charge in [0.15, 0.2) is 11.6 Å². The highest BCUT2D eigenvalue weighted by Crippen LogP contribution is 2.26. The van der Waals surface area contributed by atoms with Crippen LogP contribution in [-0.4, -0.2) is 45.2 Å². The van der Waals surface area contributed by atoms with Gasteiger partial charge >= 0.3 is 0 Å². The first-order valence-corrected chi connectivity index (χ1v) is 10.6. The Balaban J connectivity index is 1.91. The van der Waals surface area contributed by atoms with Crippen LogP contribution in [0.1, 0.15) is 40.1 Å². The number of rotatable bonds is 9. The highest BCUT2D eigenvalue weighted by molar-refractivity contribution is 6.00. The maximum absolute atomic E-state index is 14.3. The summed E-state index contributed by atoms with van der Waals surface area (Å²) in [5.41, 5.74) is 4.64. The number of primary amides is 1. The number of nitrogens with zero attached hydrogens (tertiary/aromatic N) is 3. The SMILES string of the molecule is CC(C)(O)[C@H](F)CNC(=O)c1cnc(Nc2ncc(C#N)cc2F)cc1Nc1ccc(C(N)=O)cc1. The third-order valence-corrected chi connectivity index (χ3v) is 5.02. The smallest absolute Gasteiger partial charge is 0.255 e. The van der Waals surface area contributed by atoms with Crippen molar-refractivity contribution in [2.24, 2.45) is 5.73 Å². The van der Waals surface area contributed by atoms with Crippen molar-refractivity contribution in [3.05, 3.63) is 71.3 Å². The Morgan fingerprint density at radius 1 is 1.17 bits per heavy atom. The zero-order valence-electron chi connectivity index (χ0n) is 19.3. The first-order chi connectivity index (χ1) is 17.0. The normalized spacial score (nSPS) is 11.8. The van der Waals surface area contributed by atoms with Gasteiger partial charge in [0, 0.05) is 29.7 Å². The van der Waals surface area contributed by atoms with E-state index in [1.807, 2.05) is 0 Å². The Morgan fingerprint density at radius 2 is 1.86 bits per heavy atom. The van der Waals surface area contributed by atoms with E-state index in [0.29, 0.717) is 5.69 Å². The fourth-order valence-electron chi connectivity index (χ4n) is 2.92. The Labute approximate surface area is 205 Å². The number of pyridine rings is 2. The molecule has 12 heteroatoms. The van der Waals surface area contributed by atoms with Crippen LogP contribution in [0.2, 0.25) is 0 Å². The molecule has 1 aromatic carbocycles. The molecule has 0 aliphatic rings. The van der Waals surface area contributed by atoms with Gasteiger partial charge in [0.05, 0.1) is 29.0 Å². The van der Waals surface area contributed by atoms with Gasteiger partial charge in [-0.25, -0.2) is 18.7 Å². The van der Waals surface area contributed by atoms with Crippen molar-refractivity contribution < 1.29 is 23.5 Å². The van der Waals surface area contributed by atoms with E-state index in [0.717, 1.165) is 6.07 Å². The minimum atomic E-state index is -1.72. The van der Waals surface area contributed by atoms with Gasteiger partial charge in [-0.2, -0.15) is 5.26 Å². The fraction of sp³-hybridized carbons (Fsp3) is 0.208. The standard InChI is InChI=1S/C24H23F2N7O3/c1-24(2,36)19(26)12-31-23(35)16-11-29-20(33-22-17(25)7-13(9-27)10-30-22)8-18(16)32-15-5-3-14(4-6-15)21(28)34/h3-8,10-11,19,36H,12H2,1-2H3,(H2,28,34)(H,31,35)(H2,29,30,32,33)/t19-/m1/s1. The van der Waals surface area contributed by atoms with Gasteiger partial charge in [0.1, 0.15) is 18.1 Å². The van der Waals surface area contributed by atoms with Gasteiger partial charge in [-0.05, 0) is 44.2 Å². The van der Waals surface area contributed by atoms with Crippen LogP contribution < -0.4 is 21.7 Å². The van der Waals surface area contributed by atoms with Crippen molar-refractivity contribution in [2.45, 2.75) is 25.6 Å². The quantitative estimate of drug-likeness (QED) is 0.302. The molecule has 2 amide bonds. The number of aromatic nitrogens is 2. The average molecular weight is 495 g/mol. The van der Waals surface area contributed by atoms with Crippen molar-refractivity contribution >= 4 is 34.8 Å². The highest BCUT2D eigenvalue weighted by Gasteiger charge is 2.27. The minimum absolute atomic E-state index is 0.0238. The lowest BCUT2D eigenvalue weighted by molar-refractivity contribution is -0.00177. The van der Waals surface area contributed by atoms with Crippen molar-refractivity contribution in [3.8, 4) is 6.07 Å². The number of nitrogens with two attached hydrogens (primary N) is 1. The number of carbonyl (C=O) groups is 2. The number of benzene rings is 1. The Morgan fingerprint density at radius 3 is 2.44 bits per heavy atom. The summed E-state index contributed by atoms with van der Waals surface area (Å²) in [6, 6.07) is 10.3. The zero-order valence-corrected chi connectivity index (χ0v) is 19.3. The number of hydrogen-bond donors (Lipinski definition) is 5. The highest BCUT2D eigenvalue weighted by atomic mass is 19.1. The first kappa shape index (κ1) is 26.0. The molecule has 6 N–H and O–H groups in total. The largest absolute Gasteiger partial charge is 0.387 e. The van der Waals surface area contributed by atoms with E-state index in [2.05, 4.69) is 25.9 Å². The number of halogens is 2. The molecule has 0 unspecified atom stereocenters. The second-order valence-corrected chi connectivity index (χ2v) is 8.30. The second-order valence-electron chi connectivity index (χ2n) is 8.30. The Kier molecular flexibility index (Phi) is 7.76. The number of aliphatic hydroxyl groups is 1. The molecule has 0 aliphatic heterocycles. The number of hydrogen-bond acceptors (Lipinski definition) is 8. The minimum Gasteiger partial charge on any atom is -0.387 e. The summed E-state index contributed by atoms with van der Waals surface area (Å²) in [5, 5.41) is 26.7. The maximum Gasteiger partial charge on any atom is 0.255 e. The molecule has 36 heavy (non-hydrogen) atoms. The molecular formula is C24H23F2N7O3. The Hall–Kier alpha value is -4.63. The molecule has 2 aromatic heterocycles. The molecule has 3 aromatic rings. The van der Waals surface area contributed by atoms with Crippen LogP contribution in [0.5, 0.6) is 0 Å². The van der Waals surface area contributed by atoms with E-state index < -0.39 is 35.9 Å². The fourth-order valence-corrected chi connectivity index (χ4v) is 2.92. The van der Waals surface area contributed by atoms with E-state index >= 15 is 0 Å². The van der Waals surface area contributed by atoms with E-state index in [4.69, 9.17) is 11.0 Å². The van der Waals surface area contributed by atoms with E-state index in [9.17, 15) is 23.5 Å². The number of nitrogens with one attached hydrogen (secondary N) is 3. The molecular weight excluding hydrogens is 472 g/mol. The lowest BCUT2D eigenvalue weighted by Crippen LogP contribution is -2.42. The lowest BCUT2D eigenvalue weighted by atomic mass is 10.0. The predicted octanol–water partition coefficient (Wildman–Crippen LogP) is 2.91. The summed E-state index contributed by atoms with van der Waals surface area (Å²) >= 11 is 0. The van der Waals surface area contributed by atoms with Crippen LogP contribution in [0.15, 0.2) is 48.8 Å². The average Bonchev–Trinajstić information content (AvgIpc) is 2.83. The van der Waals surface area contributed by atoms with E-state index in [1.54, 1.807) is 18.2 Å². The van der Waals surface area contributed by atoms with Crippen LogP contribution in [0, 0.1) is 17.1 Å². The molecule has 0 spiro atoms. The van der Waals surface area contributed by atoms with E-state index in [1.165, 1.54) is 44.4 Å². The van der Waals surface area contributed by atoms with Gasteiger partial charge < -0.3 is 26.8 Å². The molecule has 186 valence electrons. The number of carbonyl (C=O) groups excluding carboxylic acids is 2. The topological polar surface area (TPSA) is 166 Å². The molecule has 1 atom stereocenters. The van der Waals surface area contributed by atoms with Gasteiger partial charge in [-0.1, -0.05) is 0 Å². The third kappa shape index (κ3) is 6.49. The third-order valence-electron chi connectivity index (χ3n) is 5.02. The summed E-state index contributed by atoms with van der Waals surface area (Å²) in [7, 11) is 0. The van der Waals surface area contributed by atoms with Gasteiger partial charge in [0.2, 0.25) is 5.91 Å². The maximum atomic E-state index is 14.3. The van der Waals surface area contributed by atoms with Gasteiger partial charge in [-0.3, -0.25) is 9.59 Å². The zero-order chi connectivity index (χ0) is 26.5. The number of alkyl halides is 1. The second kappa shape index (κ2) is 10.7. The molecule has 3 rings (SSSR count). The summed E-state index contributed by atoms with van der Waals surface area (Å²) in [6.45, 7) is 2.12. The van der Waals surface area contributed by atoms with Crippen molar-refractivity contribution in [2.75, 3.05) is 17.2 Å². The number of amides is 2. The molecule has 0 radical (unpaired) electrons. The van der Waals surface area contributed by atoms with Crippen LogP contribution in [0.25, 0.3) is 0 Å². The molecule has 0 fully saturated rings. The number of nitriles is 1. The summed E-state index contributed by atoms with van der Waals surface area (Å²) < 4.78 is 28.4.